The van der Waals surface area contributed by atoms with Gasteiger partial charge in [-0.3, -0.25) is 4.79 Å². The summed E-state index contributed by atoms with van der Waals surface area (Å²) >= 11 is 0. The molecular formula is C28H27N3O3. The van der Waals surface area contributed by atoms with Crippen molar-refractivity contribution in [3.05, 3.63) is 95.2 Å². The van der Waals surface area contributed by atoms with Crippen molar-refractivity contribution >= 4 is 5.91 Å². The van der Waals surface area contributed by atoms with E-state index in [4.69, 9.17) is 14.6 Å². The standard InChI is InChI=1S/C28H27N3O3/c1-19-7-6-10-22(15-19)31-26(28(32)30-14-13-20-8-4-5-9-21(20)18-30)17-25(29-31)24-12-11-23(33-2)16-27(24)34-3/h4-12,15-17H,13-14,18H2,1-3H3. The topological polar surface area (TPSA) is 56.6 Å². The van der Waals surface area contributed by atoms with Crippen molar-refractivity contribution in [1.82, 2.24) is 14.7 Å². The van der Waals surface area contributed by atoms with Crippen LogP contribution in [-0.2, 0) is 13.0 Å². The number of nitrogens with zero attached hydrogens (tertiary/aromatic N) is 3. The Morgan fingerprint density at radius 2 is 1.74 bits per heavy atom. The SMILES string of the molecule is COc1ccc(-c2cc(C(=O)N3CCc4ccccc4C3)n(-c3cccc(C)c3)n2)c(OC)c1. The molecule has 0 saturated carbocycles. The molecule has 0 atom stereocenters. The summed E-state index contributed by atoms with van der Waals surface area (Å²) in [6.45, 7) is 3.30. The number of hydrogen-bond donors (Lipinski definition) is 0. The first-order chi connectivity index (χ1) is 16.6. The zero-order valence-electron chi connectivity index (χ0n) is 19.6. The maximum atomic E-state index is 13.8. The van der Waals surface area contributed by atoms with E-state index in [9.17, 15) is 4.79 Å². The monoisotopic (exact) mass is 453 g/mol. The third-order valence-electron chi connectivity index (χ3n) is 6.28. The first-order valence-corrected chi connectivity index (χ1v) is 11.3. The van der Waals surface area contributed by atoms with Crippen molar-refractivity contribution < 1.29 is 14.3 Å². The molecule has 0 saturated heterocycles. The van der Waals surface area contributed by atoms with Gasteiger partial charge in [-0.2, -0.15) is 5.10 Å². The Bertz CT molecular complexity index is 1360. The molecule has 1 aliphatic rings. The molecular weight excluding hydrogens is 426 g/mol. The predicted octanol–water partition coefficient (Wildman–Crippen LogP) is 5.06. The predicted molar refractivity (Wildman–Crippen MR) is 132 cm³/mol. The number of amides is 1. The molecule has 6 heteroatoms. The van der Waals surface area contributed by atoms with E-state index in [-0.39, 0.29) is 5.91 Å². The van der Waals surface area contributed by atoms with E-state index in [0.717, 1.165) is 23.2 Å². The Morgan fingerprint density at radius 1 is 0.912 bits per heavy atom. The minimum Gasteiger partial charge on any atom is -0.497 e. The van der Waals surface area contributed by atoms with Crippen molar-refractivity contribution in [2.75, 3.05) is 20.8 Å². The molecule has 0 fully saturated rings. The van der Waals surface area contributed by atoms with Crippen LogP contribution >= 0.6 is 0 Å². The van der Waals surface area contributed by atoms with E-state index in [1.807, 2.05) is 66.4 Å². The molecule has 172 valence electrons. The van der Waals surface area contributed by atoms with Gasteiger partial charge in [0.15, 0.2) is 0 Å². The van der Waals surface area contributed by atoms with E-state index in [1.54, 1.807) is 18.9 Å². The Labute approximate surface area is 199 Å². The number of methoxy groups -OCH3 is 2. The van der Waals surface area contributed by atoms with Gasteiger partial charge in [-0.15, -0.1) is 0 Å². The van der Waals surface area contributed by atoms with Crippen molar-refractivity contribution in [3.63, 3.8) is 0 Å². The second-order valence-electron chi connectivity index (χ2n) is 8.48. The highest BCUT2D eigenvalue weighted by Gasteiger charge is 2.26. The summed E-state index contributed by atoms with van der Waals surface area (Å²) < 4.78 is 12.7. The highest BCUT2D eigenvalue weighted by Crippen LogP contribution is 2.34. The largest absolute Gasteiger partial charge is 0.497 e. The number of carbonyl (C=O) groups excluding carboxylic acids is 1. The quantitative estimate of drug-likeness (QED) is 0.424. The van der Waals surface area contributed by atoms with Gasteiger partial charge in [0.25, 0.3) is 5.91 Å². The lowest BCUT2D eigenvalue weighted by atomic mass is 9.99. The number of hydrogen-bond acceptors (Lipinski definition) is 4. The van der Waals surface area contributed by atoms with Crippen LogP contribution in [0.2, 0.25) is 0 Å². The van der Waals surface area contributed by atoms with E-state index in [0.29, 0.717) is 36.0 Å². The van der Waals surface area contributed by atoms with Gasteiger partial charge < -0.3 is 14.4 Å². The summed E-state index contributed by atoms with van der Waals surface area (Å²) in [6, 6.07) is 23.8. The third-order valence-corrected chi connectivity index (χ3v) is 6.28. The number of carbonyl (C=O) groups is 1. The summed E-state index contributed by atoms with van der Waals surface area (Å²) in [7, 11) is 3.24. The Morgan fingerprint density at radius 3 is 2.50 bits per heavy atom. The number of benzene rings is 3. The van der Waals surface area contributed by atoms with Crippen LogP contribution in [0, 0.1) is 6.92 Å². The summed E-state index contributed by atoms with van der Waals surface area (Å²) in [4.78, 5) is 15.7. The molecule has 0 bridgehead atoms. The molecule has 1 aromatic heterocycles. The average molecular weight is 454 g/mol. The van der Waals surface area contributed by atoms with Gasteiger partial charge in [0.05, 0.1) is 25.6 Å². The lowest BCUT2D eigenvalue weighted by Crippen LogP contribution is -2.37. The Balaban J connectivity index is 1.59. The fraction of sp³-hybridized carbons (Fsp3) is 0.214. The zero-order chi connectivity index (χ0) is 23.7. The van der Waals surface area contributed by atoms with E-state index < -0.39 is 0 Å². The second kappa shape index (κ2) is 9.06. The van der Waals surface area contributed by atoms with Gasteiger partial charge in [-0.05, 0) is 60.4 Å². The number of fused-ring (bicyclic) bond motifs is 1. The number of ether oxygens (including phenoxy) is 2. The first-order valence-electron chi connectivity index (χ1n) is 11.3. The molecule has 1 aliphatic heterocycles. The number of aryl methyl sites for hydroxylation is 1. The Kier molecular flexibility index (Phi) is 5.80. The van der Waals surface area contributed by atoms with E-state index in [1.165, 1.54) is 11.1 Å². The summed E-state index contributed by atoms with van der Waals surface area (Å²) in [5.41, 5.74) is 6.44. The van der Waals surface area contributed by atoms with Crippen LogP contribution in [0.4, 0.5) is 0 Å². The van der Waals surface area contributed by atoms with E-state index in [2.05, 4.69) is 18.2 Å². The fourth-order valence-electron chi connectivity index (χ4n) is 4.46. The minimum atomic E-state index is -0.0396. The van der Waals surface area contributed by atoms with Crippen LogP contribution in [0.5, 0.6) is 11.5 Å². The molecule has 0 spiro atoms. The second-order valence-corrected chi connectivity index (χ2v) is 8.48. The van der Waals surface area contributed by atoms with Gasteiger partial charge in [-0.25, -0.2) is 4.68 Å². The van der Waals surface area contributed by atoms with Gasteiger partial charge in [-0.1, -0.05) is 36.4 Å². The molecule has 5 rings (SSSR count). The molecule has 0 radical (unpaired) electrons. The van der Waals surface area contributed by atoms with Crippen LogP contribution < -0.4 is 9.47 Å². The molecule has 0 unspecified atom stereocenters. The van der Waals surface area contributed by atoms with Gasteiger partial charge >= 0.3 is 0 Å². The average Bonchev–Trinajstić information content (AvgIpc) is 3.33. The maximum absolute atomic E-state index is 13.8. The molecule has 34 heavy (non-hydrogen) atoms. The molecule has 0 aliphatic carbocycles. The third kappa shape index (κ3) is 4.03. The molecule has 0 N–H and O–H groups in total. The van der Waals surface area contributed by atoms with Gasteiger partial charge in [0.1, 0.15) is 17.2 Å². The van der Waals surface area contributed by atoms with Crippen molar-refractivity contribution in [2.45, 2.75) is 19.9 Å². The number of rotatable bonds is 5. The minimum absolute atomic E-state index is 0.0396. The normalized spacial score (nSPS) is 12.9. The molecule has 2 heterocycles. The van der Waals surface area contributed by atoms with Gasteiger partial charge in [0.2, 0.25) is 0 Å². The van der Waals surface area contributed by atoms with Gasteiger partial charge in [0, 0.05) is 24.7 Å². The highest BCUT2D eigenvalue weighted by atomic mass is 16.5. The summed E-state index contributed by atoms with van der Waals surface area (Å²) in [5.74, 6) is 1.29. The van der Waals surface area contributed by atoms with Crippen LogP contribution in [0.1, 0.15) is 27.2 Å². The first kappa shape index (κ1) is 21.8. The molecule has 1 amide bonds. The zero-order valence-corrected chi connectivity index (χ0v) is 19.6. The van der Waals surface area contributed by atoms with E-state index >= 15 is 0 Å². The lowest BCUT2D eigenvalue weighted by Gasteiger charge is -2.29. The van der Waals surface area contributed by atoms with Crippen LogP contribution in [0.25, 0.3) is 16.9 Å². The van der Waals surface area contributed by atoms with Crippen molar-refractivity contribution in [2.24, 2.45) is 0 Å². The maximum Gasteiger partial charge on any atom is 0.272 e. The molecule has 6 nitrogen and oxygen atoms in total. The Hall–Kier alpha value is -4.06. The summed E-state index contributed by atoms with van der Waals surface area (Å²) in [5, 5.41) is 4.86. The van der Waals surface area contributed by atoms with Crippen LogP contribution in [0.15, 0.2) is 72.8 Å². The lowest BCUT2D eigenvalue weighted by molar-refractivity contribution is 0.0725. The van der Waals surface area contributed by atoms with Crippen LogP contribution in [0.3, 0.4) is 0 Å². The smallest absolute Gasteiger partial charge is 0.272 e. The number of aromatic nitrogens is 2. The van der Waals surface area contributed by atoms with Crippen LogP contribution in [-0.4, -0.2) is 41.4 Å². The van der Waals surface area contributed by atoms with Crippen molar-refractivity contribution in [1.29, 1.82) is 0 Å². The highest BCUT2D eigenvalue weighted by molar-refractivity contribution is 5.95. The van der Waals surface area contributed by atoms with Crippen molar-refractivity contribution in [3.8, 4) is 28.4 Å². The molecule has 3 aromatic carbocycles. The fourth-order valence-corrected chi connectivity index (χ4v) is 4.46. The summed E-state index contributed by atoms with van der Waals surface area (Å²) in [6.07, 6.45) is 0.847. The molecule has 4 aromatic rings.